The number of likely N-dealkylation sites (tertiary alicyclic amines) is 1. The van der Waals surface area contributed by atoms with E-state index in [0.717, 1.165) is 12.8 Å². The molecule has 1 aliphatic heterocycles. The van der Waals surface area contributed by atoms with Crippen LogP contribution in [0.2, 0.25) is 0 Å². The molecule has 6 nitrogen and oxygen atoms in total. The second kappa shape index (κ2) is 8.82. The van der Waals surface area contributed by atoms with E-state index < -0.39 is 0 Å². The van der Waals surface area contributed by atoms with Gasteiger partial charge in [0.1, 0.15) is 11.6 Å². The average Bonchev–Trinajstić information content (AvgIpc) is 2.69. The summed E-state index contributed by atoms with van der Waals surface area (Å²) in [5, 5.41) is 12.7. The van der Waals surface area contributed by atoms with Crippen molar-refractivity contribution in [2.75, 3.05) is 18.4 Å². The number of aryl methyl sites for hydroxylation is 1. The fourth-order valence-corrected chi connectivity index (χ4v) is 3.51. The maximum atomic E-state index is 13.2. The lowest BCUT2D eigenvalue weighted by atomic mass is 9.93. The smallest absolute Gasteiger partial charge is 0.276 e. The normalized spacial score (nSPS) is 16.6. The summed E-state index contributed by atoms with van der Waals surface area (Å²) >= 11 is 0. The minimum absolute atomic E-state index is 0.0627. The second-order valence-electron chi connectivity index (χ2n) is 7.18. The first-order chi connectivity index (χ1) is 13.4. The van der Waals surface area contributed by atoms with Gasteiger partial charge in [0.25, 0.3) is 5.91 Å². The van der Waals surface area contributed by atoms with Gasteiger partial charge in [-0.3, -0.25) is 9.59 Å². The molecule has 0 bridgehead atoms. The van der Waals surface area contributed by atoms with Gasteiger partial charge < -0.3 is 15.3 Å². The number of nitrogens with zero attached hydrogens (tertiary/aromatic N) is 2. The Morgan fingerprint density at radius 2 is 2.18 bits per heavy atom. The number of halogens is 1. The van der Waals surface area contributed by atoms with Crippen molar-refractivity contribution in [1.29, 1.82) is 0 Å². The van der Waals surface area contributed by atoms with Crippen LogP contribution in [0.1, 0.15) is 41.7 Å². The number of amides is 2. The van der Waals surface area contributed by atoms with Crippen LogP contribution in [-0.2, 0) is 4.79 Å². The molecule has 2 N–H and O–H groups in total. The third kappa shape index (κ3) is 4.85. The number of pyridine rings is 1. The molecule has 1 aromatic carbocycles. The van der Waals surface area contributed by atoms with E-state index in [1.54, 1.807) is 24.0 Å². The monoisotopic (exact) mass is 385 g/mol. The third-order valence-corrected chi connectivity index (χ3v) is 5.04. The number of aromatic hydroxyl groups is 1. The van der Waals surface area contributed by atoms with Crippen molar-refractivity contribution in [3.63, 3.8) is 0 Å². The Kier molecular flexibility index (Phi) is 6.23. The number of carbonyl (C=O) groups is 2. The van der Waals surface area contributed by atoms with Crippen molar-refractivity contribution < 1.29 is 19.1 Å². The average molecular weight is 385 g/mol. The molecule has 7 heteroatoms. The van der Waals surface area contributed by atoms with Crippen LogP contribution in [0.5, 0.6) is 5.75 Å². The van der Waals surface area contributed by atoms with Gasteiger partial charge in [0, 0.05) is 31.4 Å². The summed E-state index contributed by atoms with van der Waals surface area (Å²) < 4.78 is 13.2. The molecule has 1 aromatic heterocycles. The summed E-state index contributed by atoms with van der Waals surface area (Å²) in [7, 11) is 0. The maximum Gasteiger partial charge on any atom is 0.276 e. The van der Waals surface area contributed by atoms with E-state index in [0.29, 0.717) is 37.2 Å². The molecule has 1 unspecified atom stereocenters. The van der Waals surface area contributed by atoms with Crippen LogP contribution in [-0.4, -0.2) is 39.9 Å². The molecule has 2 amide bonds. The summed E-state index contributed by atoms with van der Waals surface area (Å²) in [5.41, 5.74) is 1.35. The predicted octanol–water partition coefficient (Wildman–Crippen LogP) is 3.51. The zero-order valence-corrected chi connectivity index (χ0v) is 15.8. The van der Waals surface area contributed by atoms with E-state index in [9.17, 15) is 19.1 Å². The largest absolute Gasteiger partial charge is 0.505 e. The summed E-state index contributed by atoms with van der Waals surface area (Å²) in [6.45, 7) is 2.90. The molecule has 1 aliphatic rings. The Bertz CT molecular complexity index is 872. The lowest BCUT2D eigenvalue weighted by Crippen LogP contribution is -2.40. The summed E-state index contributed by atoms with van der Waals surface area (Å²) in [6.07, 6.45) is 4.27. The first-order valence-electron chi connectivity index (χ1n) is 9.43. The summed E-state index contributed by atoms with van der Waals surface area (Å²) in [5.74, 6) is -0.650. The van der Waals surface area contributed by atoms with Gasteiger partial charge in [0.15, 0.2) is 5.69 Å². The third-order valence-electron chi connectivity index (χ3n) is 5.04. The predicted molar refractivity (Wildman–Crippen MR) is 104 cm³/mol. The molecule has 148 valence electrons. The molecule has 3 rings (SSSR count). The van der Waals surface area contributed by atoms with E-state index in [1.165, 1.54) is 24.4 Å². The topological polar surface area (TPSA) is 82.5 Å². The van der Waals surface area contributed by atoms with E-state index in [4.69, 9.17) is 0 Å². The number of carbonyl (C=O) groups excluding carboxylic acids is 2. The quantitative estimate of drug-likeness (QED) is 0.825. The van der Waals surface area contributed by atoms with Gasteiger partial charge in [-0.2, -0.15) is 0 Å². The molecule has 1 saturated heterocycles. The molecular weight excluding hydrogens is 361 g/mol. The number of rotatable bonds is 5. The van der Waals surface area contributed by atoms with Crippen LogP contribution in [0.15, 0.2) is 36.5 Å². The van der Waals surface area contributed by atoms with Crippen LogP contribution in [0.25, 0.3) is 0 Å². The van der Waals surface area contributed by atoms with E-state index in [-0.39, 0.29) is 35.0 Å². The van der Waals surface area contributed by atoms with Crippen molar-refractivity contribution in [1.82, 2.24) is 9.88 Å². The number of anilines is 1. The van der Waals surface area contributed by atoms with Crippen LogP contribution in [0.3, 0.4) is 0 Å². The molecular formula is C21H24FN3O3. The summed E-state index contributed by atoms with van der Waals surface area (Å²) in [4.78, 5) is 30.5. The van der Waals surface area contributed by atoms with Crippen molar-refractivity contribution in [2.45, 2.75) is 32.6 Å². The number of nitrogens with one attached hydrogen (secondary N) is 1. The van der Waals surface area contributed by atoms with Gasteiger partial charge in [-0.05, 0) is 68.0 Å². The molecule has 1 fully saturated rings. The molecule has 0 saturated carbocycles. The zero-order valence-electron chi connectivity index (χ0n) is 15.8. The highest BCUT2D eigenvalue weighted by molar-refractivity contribution is 5.95. The van der Waals surface area contributed by atoms with Gasteiger partial charge in [-0.25, -0.2) is 9.37 Å². The molecule has 0 spiro atoms. The lowest BCUT2D eigenvalue weighted by molar-refractivity contribution is -0.116. The standard InChI is InChI=1S/C21H24FN3O3/c1-14-12-16(22)7-8-17(14)24-19(27)9-6-15-4-3-11-25(13-15)21(28)20-18(26)5-2-10-23-20/h2,5,7-8,10,12,15,26H,3-4,6,9,11,13H2,1H3,(H,24,27). The number of hydrogen-bond donors (Lipinski definition) is 2. The number of piperidine rings is 1. The fraction of sp³-hybridized carbons (Fsp3) is 0.381. The molecule has 0 radical (unpaired) electrons. The number of aromatic nitrogens is 1. The fourth-order valence-electron chi connectivity index (χ4n) is 3.51. The highest BCUT2D eigenvalue weighted by Crippen LogP contribution is 2.24. The van der Waals surface area contributed by atoms with Crippen LogP contribution >= 0.6 is 0 Å². The van der Waals surface area contributed by atoms with Crippen LogP contribution in [0.4, 0.5) is 10.1 Å². The number of hydrogen-bond acceptors (Lipinski definition) is 4. The van der Waals surface area contributed by atoms with Crippen molar-refractivity contribution in [2.24, 2.45) is 5.92 Å². The molecule has 0 aliphatic carbocycles. The van der Waals surface area contributed by atoms with Crippen molar-refractivity contribution >= 4 is 17.5 Å². The molecule has 28 heavy (non-hydrogen) atoms. The highest BCUT2D eigenvalue weighted by atomic mass is 19.1. The Labute approximate surface area is 163 Å². The summed E-state index contributed by atoms with van der Waals surface area (Å²) in [6, 6.07) is 7.28. The van der Waals surface area contributed by atoms with Crippen molar-refractivity contribution in [3.8, 4) is 5.75 Å². The highest BCUT2D eigenvalue weighted by Gasteiger charge is 2.27. The first kappa shape index (κ1) is 19.8. The lowest BCUT2D eigenvalue weighted by Gasteiger charge is -2.32. The van der Waals surface area contributed by atoms with E-state index in [1.807, 2.05) is 0 Å². The minimum Gasteiger partial charge on any atom is -0.505 e. The van der Waals surface area contributed by atoms with E-state index >= 15 is 0 Å². The second-order valence-corrected chi connectivity index (χ2v) is 7.18. The molecule has 2 heterocycles. The number of benzene rings is 1. The van der Waals surface area contributed by atoms with Crippen LogP contribution < -0.4 is 5.32 Å². The Balaban J connectivity index is 1.53. The van der Waals surface area contributed by atoms with Crippen molar-refractivity contribution in [3.05, 3.63) is 53.6 Å². The van der Waals surface area contributed by atoms with Gasteiger partial charge in [0.2, 0.25) is 5.91 Å². The Hall–Kier alpha value is -2.96. The van der Waals surface area contributed by atoms with Gasteiger partial charge in [-0.15, -0.1) is 0 Å². The zero-order chi connectivity index (χ0) is 20.1. The maximum absolute atomic E-state index is 13.2. The van der Waals surface area contributed by atoms with E-state index in [2.05, 4.69) is 10.3 Å². The van der Waals surface area contributed by atoms with Gasteiger partial charge in [0.05, 0.1) is 0 Å². The Morgan fingerprint density at radius 3 is 2.93 bits per heavy atom. The SMILES string of the molecule is Cc1cc(F)ccc1NC(=O)CCC1CCCN(C(=O)c2ncccc2O)C1. The van der Waals surface area contributed by atoms with Crippen LogP contribution in [0, 0.1) is 18.7 Å². The first-order valence-corrected chi connectivity index (χ1v) is 9.43. The minimum atomic E-state index is -0.332. The molecule has 2 aromatic rings. The Morgan fingerprint density at radius 1 is 1.36 bits per heavy atom. The van der Waals surface area contributed by atoms with Gasteiger partial charge >= 0.3 is 0 Å². The molecule has 1 atom stereocenters. The van der Waals surface area contributed by atoms with Gasteiger partial charge in [-0.1, -0.05) is 0 Å².